The van der Waals surface area contributed by atoms with Crippen molar-refractivity contribution in [2.24, 2.45) is 7.05 Å². The van der Waals surface area contributed by atoms with Gasteiger partial charge in [0, 0.05) is 19.4 Å². The summed E-state index contributed by atoms with van der Waals surface area (Å²) in [6.07, 6.45) is 5.04. The topological polar surface area (TPSA) is 76.8 Å². The molecule has 4 rings (SSSR count). The lowest BCUT2D eigenvalue weighted by molar-refractivity contribution is -0.132. The fourth-order valence-electron chi connectivity index (χ4n) is 3.87. The molecule has 0 saturated carbocycles. The van der Waals surface area contributed by atoms with E-state index in [1.807, 2.05) is 59.7 Å². The molecule has 1 atom stereocenters. The van der Waals surface area contributed by atoms with Gasteiger partial charge in [-0.05, 0) is 51.1 Å². The van der Waals surface area contributed by atoms with E-state index in [-0.39, 0.29) is 36.8 Å². The summed E-state index contributed by atoms with van der Waals surface area (Å²) in [4.78, 5) is 18.0. The number of imidazole rings is 1. The number of amides is 1. The van der Waals surface area contributed by atoms with Crippen LogP contribution in [0.4, 0.5) is 0 Å². The lowest BCUT2D eigenvalue weighted by Crippen LogP contribution is -2.55. The van der Waals surface area contributed by atoms with Gasteiger partial charge < -0.3 is 15.2 Å². The third-order valence-electron chi connectivity index (χ3n) is 5.35. The summed E-state index contributed by atoms with van der Waals surface area (Å²) in [7, 11) is 1.99. The largest absolute Gasteiger partial charge is 0.344 e. The Kier molecular flexibility index (Phi) is 7.09. The maximum atomic E-state index is 13.3. The Labute approximate surface area is 176 Å². The quantitative estimate of drug-likeness (QED) is 0.674. The van der Waals surface area contributed by atoms with Gasteiger partial charge in [-0.3, -0.25) is 9.48 Å². The molecule has 2 aromatic heterocycles. The number of benzene rings is 1. The van der Waals surface area contributed by atoms with Crippen LogP contribution in [0.25, 0.3) is 11.0 Å². The van der Waals surface area contributed by atoms with Crippen molar-refractivity contribution in [3.63, 3.8) is 0 Å². The molecular formula is C19H26Cl2N6O. The van der Waals surface area contributed by atoms with Gasteiger partial charge in [-0.2, -0.15) is 5.10 Å². The number of hydrogen-bond acceptors (Lipinski definition) is 4. The van der Waals surface area contributed by atoms with Crippen LogP contribution in [0.5, 0.6) is 0 Å². The van der Waals surface area contributed by atoms with Crippen molar-refractivity contribution >= 4 is 41.8 Å². The molecule has 3 aromatic rings. The van der Waals surface area contributed by atoms with Crippen LogP contribution in [-0.2, 0) is 17.4 Å². The monoisotopic (exact) mass is 424 g/mol. The summed E-state index contributed by atoms with van der Waals surface area (Å²) in [5, 5.41) is 10.9. The number of halogens is 2. The Bertz CT molecular complexity index is 918. The maximum Gasteiger partial charge on any atom is 0.248 e. The minimum atomic E-state index is -0.645. The SMILES string of the molecule is CC(NC(=O)C1(n2cccn2)CCNCC1)c1nc2ccccc2n1C.Cl.Cl. The predicted molar refractivity (Wildman–Crippen MR) is 114 cm³/mol. The number of fused-ring (bicyclic) bond motifs is 1. The zero-order chi connectivity index (χ0) is 18.1. The first-order chi connectivity index (χ1) is 12.6. The van der Waals surface area contributed by atoms with Gasteiger partial charge in [0.2, 0.25) is 5.91 Å². The number of para-hydroxylation sites is 2. The summed E-state index contributed by atoms with van der Waals surface area (Å²) >= 11 is 0. The zero-order valence-electron chi connectivity index (χ0n) is 16.0. The lowest BCUT2D eigenvalue weighted by Gasteiger charge is -2.37. The molecule has 1 aromatic carbocycles. The van der Waals surface area contributed by atoms with Crippen molar-refractivity contribution in [2.75, 3.05) is 13.1 Å². The van der Waals surface area contributed by atoms with E-state index in [9.17, 15) is 4.79 Å². The molecule has 1 saturated heterocycles. The maximum absolute atomic E-state index is 13.3. The fraction of sp³-hybridized carbons (Fsp3) is 0.421. The van der Waals surface area contributed by atoms with E-state index in [1.165, 1.54) is 0 Å². The molecule has 9 heteroatoms. The van der Waals surface area contributed by atoms with E-state index in [4.69, 9.17) is 4.98 Å². The van der Waals surface area contributed by atoms with E-state index in [2.05, 4.69) is 15.7 Å². The van der Waals surface area contributed by atoms with Crippen LogP contribution in [-0.4, -0.2) is 38.3 Å². The number of rotatable bonds is 4. The number of hydrogen-bond donors (Lipinski definition) is 2. The van der Waals surface area contributed by atoms with Crippen molar-refractivity contribution in [3.05, 3.63) is 48.5 Å². The average molecular weight is 425 g/mol. The molecule has 1 unspecified atom stereocenters. The smallest absolute Gasteiger partial charge is 0.248 e. The van der Waals surface area contributed by atoms with Crippen LogP contribution in [0.1, 0.15) is 31.6 Å². The summed E-state index contributed by atoms with van der Waals surface area (Å²) in [6.45, 7) is 3.58. The Morgan fingerprint density at radius 1 is 1.21 bits per heavy atom. The van der Waals surface area contributed by atoms with Crippen molar-refractivity contribution in [2.45, 2.75) is 31.3 Å². The van der Waals surface area contributed by atoms with Crippen LogP contribution in [0, 0.1) is 0 Å². The molecule has 0 radical (unpaired) electrons. The Hall–Kier alpha value is -2.09. The number of piperidine rings is 1. The first-order valence-corrected chi connectivity index (χ1v) is 9.05. The number of nitrogens with zero attached hydrogens (tertiary/aromatic N) is 4. The highest BCUT2D eigenvalue weighted by atomic mass is 35.5. The second kappa shape index (κ2) is 8.94. The molecule has 28 heavy (non-hydrogen) atoms. The second-order valence-electron chi connectivity index (χ2n) is 6.95. The van der Waals surface area contributed by atoms with Gasteiger partial charge >= 0.3 is 0 Å². The van der Waals surface area contributed by atoms with E-state index < -0.39 is 5.54 Å². The second-order valence-corrected chi connectivity index (χ2v) is 6.95. The molecule has 152 valence electrons. The summed E-state index contributed by atoms with van der Waals surface area (Å²) in [5.74, 6) is 0.853. The van der Waals surface area contributed by atoms with Gasteiger partial charge in [-0.25, -0.2) is 4.98 Å². The van der Waals surface area contributed by atoms with E-state index in [0.717, 1.165) is 42.8 Å². The van der Waals surface area contributed by atoms with Crippen molar-refractivity contribution in [1.82, 2.24) is 30.0 Å². The van der Waals surface area contributed by atoms with Crippen molar-refractivity contribution < 1.29 is 4.79 Å². The molecule has 1 aliphatic heterocycles. The molecule has 0 bridgehead atoms. The first-order valence-electron chi connectivity index (χ1n) is 9.05. The van der Waals surface area contributed by atoms with E-state index >= 15 is 0 Å². The third kappa shape index (κ3) is 3.74. The minimum absolute atomic E-state index is 0. The zero-order valence-corrected chi connectivity index (χ0v) is 17.6. The van der Waals surface area contributed by atoms with Crippen LogP contribution in [0.3, 0.4) is 0 Å². The van der Waals surface area contributed by atoms with Crippen molar-refractivity contribution in [3.8, 4) is 0 Å². The highest BCUT2D eigenvalue weighted by Gasteiger charge is 2.42. The number of aromatic nitrogens is 4. The van der Waals surface area contributed by atoms with Crippen LogP contribution < -0.4 is 10.6 Å². The van der Waals surface area contributed by atoms with Gasteiger partial charge in [0.25, 0.3) is 0 Å². The van der Waals surface area contributed by atoms with Crippen LogP contribution >= 0.6 is 24.8 Å². The molecule has 0 aliphatic carbocycles. The Morgan fingerprint density at radius 2 is 1.93 bits per heavy atom. The normalized spacial score (nSPS) is 16.6. The summed E-state index contributed by atoms with van der Waals surface area (Å²) in [6, 6.07) is 9.68. The number of carbonyl (C=O) groups is 1. The average Bonchev–Trinajstić information content (AvgIpc) is 3.31. The fourth-order valence-corrected chi connectivity index (χ4v) is 3.87. The summed E-state index contributed by atoms with van der Waals surface area (Å²) < 4.78 is 3.86. The van der Waals surface area contributed by atoms with Gasteiger partial charge in [0.1, 0.15) is 11.4 Å². The third-order valence-corrected chi connectivity index (χ3v) is 5.35. The predicted octanol–water partition coefficient (Wildman–Crippen LogP) is 2.57. The van der Waals surface area contributed by atoms with Gasteiger partial charge in [-0.15, -0.1) is 24.8 Å². The molecule has 1 aliphatic rings. The first kappa shape index (κ1) is 22.2. The lowest BCUT2D eigenvalue weighted by atomic mass is 9.87. The Balaban J connectivity index is 0.00000140. The Morgan fingerprint density at radius 3 is 2.57 bits per heavy atom. The van der Waals surface area contributed by atoms with E-state index in [1.54, 1.807) is 6.20 Å². The number of carbonyl (C=O) groups excluding carboxylic acids is 1. The molecular weight excluding hydrogens is 399 g/mol. The highest BCUT2D eigenvalue weighted by molar-refractivity contribution is 5.86. The summed E-state index contributed by atoms with van der Waals surface area (Å²) in [5.41, 5.74) is 1.36. The number of nitrogens with one attached hydrogen (secondary N) is 2. The molecule has 2 N–H and O–H groups in total. The number of aryl methyl sites for hydroxylation is 1. The van der Waals surface area contributed by atoms with Gasteiger partial charge in [-0.1, -0.05) is 12.1 Å². The van der Waals surface area contributed by atoms with Gasteiger partial charge in [0.05, 0.1) is 17.1 Å². The minimum Gasteiger partial charge on any atom is -0.344 e. The van der Waals surface area contributed by atoms with Crippen LogP contribution in [0.15, 0.2) is 42.7 Å². The molecule has 3 heterocycles. The van der Waals surface area contributed by atoms with E-state index in [0.29, 0.717) is 0 Å². The molecule has 7 nitrogen and oxygen atoms in total. The van der Waals surface area contributed by atoms with Crippen molar-refractivity contribution in [1.29, 1.82) is 0 Å². The standard InChI is InChI=1S/C19H24N6O.2ClH/c1-14(17-23-15-6-3-4-7-16(15)24(17)2)22-18(26)19(8-11-20-12-9-19)25-13-5-10-21-25;;/h3-7,10,13-14,20H,8-9,11-12H2,1-2H3,(H,22,26);2*1H. The van der Waals surface area contributed by atoms with Gasteiger partial charge in [0.15, 0.2) is 0 Å². The molecule has 1 fully saturated rings. The molecule has 1 amide bonds. The molecule has 0 spiro atoms. The van der Waals surface area contributed by atoms with Crippen LogP contribution in [0.2, 0.25) is 0 Å². The highest BCUT2D eigenvalue weighted by Crippen LogP contribution is 2.28.